The molecule has 424 valence electrons. The molecule has 0 amide bonds. The van der Waals surface area contributed by atoms with E-state index in [1.54, 1.807) is 0 Å². The molecule has 83 heavy (non-hydrogen) atoms. The van der Waals surface area contributed by atoms with Gasteiger partial charge >= 0.3 is 0 Å². The Morgan fingerprint density at radius 3 is 1.54 bits per heavy atom. The highest BCUT2D eigenvalue weighted by Gasteiger charge is 2.50. The number of aryl methyl sites for hydroxylation is 1. The lowest BCUT2D eigenvalue weighted by atomic mass is 9.33. The smallest absolute Gasteiger partial charge is 0.252 e. The summed E-state index contributed by atoms with van der Waals surface area (Å²) in [4.78, 5) is 7.96. The molecule has 3 aliphatic carbocycles. The molecule has 0 aromatic heterocycles. The normalized spacial score (nSPS) is 18.1. The van der Waals surface area contributed by atoms with Crippen molar-refractivity contribution in [2.24, 2.45) is 0 Å². The molecule has 0 bridgehead atoms. The summed E-state index contributed by atoms with van der Waals surface area (Å²) in [7, 11) is 0. The number of nitrogens with zero attached hydrogens (tertiary/aromatic N) is 3. The average Bonchev–Trinajstić information content (AvgIpc) is 1.80. The Labute approximate surface area is 499 Å². The molecule has 0 spiro atoms. The van der Waals surface area contributed by atoms with E-state index in [9.17, 15) is 0 Å². The standard InChI is InChI=1S/C79H90BN3/c1-48-41-67-71-68(42-48)83(64-38-36-58(74(8,9)10)69-55-23-21-22-24-56(55)79(19,20)70(64)69)65-44-54(81(51-29-25-49(26-30-51)72(2,3)4)52-31-27-50(28-32-52)73(5,6)7)34-37-62(65)80(71)63-45-60-61(78(17,18)47-77(60,15)16)46-66(63)82(67)53-33-35-57-59(43-53)76(13,14)40-39-75(57,11)12/h21-38,41-46H,39-40,47H2,1-20H3. The molecular weight excluding hydrogens is 1000 g/mol. The van der Waals surface area contributed by atoms with Gasteiger partial charge in [0.25, 0.3) is 6.71 Å². The average molecular weight is 1090 g/mol. The molecule has 5 aliphatic rings. The van der Waals surface area contributed by atoms with Gasteiger partial charge in [-0.25, -0.2) is 0 Å². The van der Waals surface area contributed by atoms with Gasteiger partial charge in [-0.3, -0.25) is 0 Å². The first-order valence-electron chi connectivity index (χ1n) is 31.2. The molecular formula is C79H90BN3. The van der Waals surface area contributed by atoms with Gasteiger partial charge in [0.1, 0.15) is 0 Å². The highest BCUT2D eigenvalue weighted by atomic mass is 15.2. The molecule has 8 aromatic carbocycles. The van der Waals surface area contributed by atoms with E-state index in [1.165, 1.54) is 130 Å². The second-order valence-electron chi connectivity index (χ2n) is 32.2. The van der Waals surface area contributed by atoms with Gasteiger partial charge in [0.2, 0.25) is 0 Å². The lowest BCUT2D eigenvalue weighted by molar-refractivity contribution is 0.332. The zero-order valence-corrected chi connectivity index (χ0v) is 53.9. The van der Waals surface area contributed by atoms with E-state index >= 15 is 0 Å². The van der Waals surface area contributed by atoms with Gasteiger partial charge < -0.3 is 14.7 Å². The summed E-state index contributed by atoms with van der Waals surface area (Å²) in [5.41, 5.74) is 31.8. The van der Waals surface area contributed by atoms with Gasteiger partial charge in [-0.1, -0.05) is 204 Å². The van der Waals surface area contributed by atoms with Crippen molar-refractivity contribution >= 4 is 74.3 Å². The van der Waals surface area contributed by atoms with Crippen LogP contribution < -0.4 is 31.1 Å². The molecule has 0 atom stereocenters. The van der Waals surface area contributed by atoms with Crippen LogP contribution in [0.2, 0.25) is 0 Å². The maximum Gasteiger partial charge on any atom is 0.252 e. The zero-order chi connectivity index (χ0) is 59.3. The Kier molecular flexibility index (Phi) is 11.9. The SMILES string of the molecule is Cc1cc2c3c(c1)N(c1ccc(C(C)(C)C)c4c1C(C)(C)c1ccccc1-4)c1cc(N(c4ccc(C(C)(C)C)cc4)c4ccc(C(C)(C)C)cc4)ccc1B3c1cc3c(cc1N2c1ccc2c(c1)C(C)(C)CCC2(C)C)C(C)(C)CC3(C)C. The van der Waals surface area contributed by atoms with E-state index in [0.717, 1.165) is 23.5 Å². The molecule has 2 heterocycles. The topological polar surface area (TPSA) is 9.72 Å². The van der Waals surface area contributed by atoms with Crippen LogP contribution in [-0.2, 0) is 43.3 Å². The number of anilines is 9. The minimum absolute atomic E-state index is 0.00537. The second kappa shape index (κ2) is 17.9. The van der Waals surface area contributed by atoms with Crippen LogP contribution in [-0.4, -0.2) is 6.71 Å². The summed E-state index contributed by atoms with van der Waals surface area (Å²) in [6, 6.07) is 58.5. The second-order valence-corrected chi connectivity index (χ2v) is 32.2. The van der Waals surface area contributed by atoms with Crippen molar-refractivity contribution in [2.45, 2.75) is 201 Å². The van der Waals surface area contributed by atoms with Gasteiger partial charge in [0.15, 0.2) is 0 Å². The summed E-state index contributed by atoms with van der Waals surface area (Å²) in [6.07, 6.45) is 3.46. The van der Waals surface area contributed by atoms with Crippen LogP contribution in [0, 0.1) is 6.92 Å². The fraction of sp³-hybridized carbons (Fsp3) is 0.392. The van der Waals surface area contributed by atoms with E-state index in [2.05, 4.69) is 299 Å². The van der Waals surface area contributed by atoms with Crippen LogP contribution in [0.1, 0.15) is 206 Å². The number of benzene rings is 8. The molecule has 0 saturated carbocycles. The molecule has 0 fully saturated rings. The van der Waals surface area contributed by atoms with Crippen molar-refractivity contribution < 1.29 is 0 Å². The third kappa shape index (κ3) is 8.47. The van der Waals surface area contributed by atoms with E-state index in [1.807, 2.05) is 0 Å². The van der Waals surface area contributed by atoms with Crippen molar-refractivity contribution in [1.29, 1.82) is 0 Å². The van der Waals surface area contributed by atoms with Crippen molar-refractivity contribution in [3.8, 4) is 11.1 Å². The predicted octanol–water partition coefficient (Wildman–Crippen LogP) is 20.1. The maximum absolute atomic E-state index is 2.74. The minimum atomic E-state index is -0.294. The quantitative estimate of drug-likeness (QED) is 0.159. The van der Waals surface area contributed by atoms with Gasteiger partial charge in [-0.15, -0.1) is 0 Å². The van der Waals surface area contributed by atoms with E-state index in [4.69, 9.17) is 0 Å². The van der Waals surface area contributed by atoms with Crippen molar-refractivity contribution in [3.05, 3.63) is 201 Å². The molecule has 0 unspecified atom stereocenters. The van der Waals surface area contributed by atoms with Crippen LogP contribution in [0.5, 0.6) is 0 Å². The lowest BCUT2D eigenvalue weighted by Crippen LogP contribution is -2.61. The van der Waals surface area contributed by atoms with Gasteiger partial charge in [0.05, 0.1) is 5.69 Å². The van der Waals surface area contributed by atoms with Gasteiger partial charge in [0, 0.05) is 50.9 Å². The van der Waals surface area contributed by atoms with E-state index in [-0.39, 0.29) is 50.0 Å². The Balaban J connectivity index is 1.14. The third-order valence-electron chi connectivity index (χ3n) is 20.7. The molecule has 2 aliphatic heterocycles. The highest BCUT2D eigenvalue weighted by Crippen LogP contribution is 2.59. The van der Waals surface area contributed by atoms with Crippen LogP contribution >= 0.6 is 0 Å². The molecule has 0 saturated heterocycles. The monoisotopic (exact) mass is 1090 g/mol. The molecule has 0 N–H and O–H groups in total. The number of fused-ring (bicyclic) bond motifs is 9. The molecule has 3 nitrogen and oxygen atoms in total. The van der Waals surface area contributed by atoms with Gasteiger partial charge in [-0.2, -0.15) is 0 Å². The predicted molar refractivity (Wildman–Crippen MR) is 360 cm³/mol. The zero-order valence-electron chi connectivity index (χ0n) is 53.9. The Bertz CT molecular complexity index is 3930. The van der Waals surface area contributed by atoms with Gasteiger partial charge in [-0.05, 0) is 220 Å². The lowest BCUT2D eigenvalue weighted by Gasteiger charge is -2.47. The minimum Gasteiger partial charge on any atom is -0.311 e. The van der Waals surface area contributed by atoms with Crippen LogP contribution in [0.25, 0.3) is 11.1 Å². The first kappa shape index (κ1) is 55.4. The molecule has 13 rings (SSSR count). The maximum atomic E-state index is 2.74. The fourth-order valence-corrected chi connectivity index (χ4v) is 16.3. The highest BCUT2D eigenvalue weighted by molar-refractivity contribution is 7.00. The largest absolute Gasteiger partial charge is 0.311 e. The summed E-state index contributed by atoms with van der Waals surface area (Å²) < 4.78 is 0. The van der Waals surface area contributed by atoms with Crippen LogP contribution in [0.15, 0.2) is 146 Å². The Morgan fingerprint density at radius 1 is 0.422 bits per heavy atom. The van der Waals surface area contributed by atoms with E-state index in [0.29, 0.717) is 0 Å². The van der Waals surface area contributed by atoms with Crippen molar-refractivity contribution in [3.63, 3.8) is 0 Å². The Hall–Kier alpha value is -6.78. The Morgan fingerprint density at radius 2 is 0.952 bits per heavy atom. The summed E-state index contributed by atoms with van der Waals surface area (Å²) >= 11 is 0. The summed E-state index contributed by atoms with van der Waals surface area (Å²) in [6.45, 7) is 48.1. The molecule has 0 radical (unpaired) electrons. The van der Waals surface area contributed by atoms with Crippen LogP contribution in [0.3, 0.4) is 0 Å². The molecule has 8 aromatic rings. The molecule has 4 heteroatoms. The summed E-state index contributed by atoms with van der Waals surface area (Å²) in [5, 5.41) is 0. The third-order valence-corrected chi connectivity index (χ3v) is 20.7. The van der Waals surface area contributed by atoms with Crippen molar-refractivity contribution in [1.82, 2.24) is 0 Å². The van der Waals surface area contributed by atoms with Crippen LogP contribution in [0.4, 0.5) is 51.2 Å². The fourth-order valence-electron chi connectivity index (χ4n) is 16.3. The first-order valence-corrected chi connectivity index (χ1v) is 31.2. The number of rotatable bonds is 5. The summed E-state index contributed by atoms with van der Waals surface area (Å²) in [5.74, 6) is 0. The van der Waals surface area contributed by atoms with Crippen molar-refractivity contribution in [2.75, 3.05) is 14.7 Å². The number of hydrogen-bond acceptors (Lipinski definition) is 3. The first-order chi connectivity index (χ1) is 38.7. The van der Waals surface area contributed by atoms with E-state index < -0.39 is 0 Å². The number of hydrogen-bond donors (Lipinski definition) is 0.